The van der Waals surface area contributed by atoms with Gasteiger partial charge in [0.1, 0.15) is 5.82 Å². The van der Waals surface area contributed by atoms with Crippen molar-refractivity contribution in [3.05, 3.63) is 54.1 Å². The van der Waals surface area contributed by atoms with Gasteiger partial charge in [0, 0.05) is 71.2 Å². The van der Waals surface area contributed by atoms with Gasteiger partial charge in [0.2, 0.25) is 0 Å². The standard InChI is InChI=1S/C22H32N6O/c1-23-22(28-11-8-20(18-28)26-13-15-29-16-14-26)25-9-7-21-24-10-12-27(21)17-19-5-3-2-4-6-19/h2-6,10,12,20H,7-9,11,13-18H2,1H3,(H,23,25). The van der Waals surface area contributed by atoms with Crippen molar-refractivity contribution >= 4 is 5.96 Å². The molecule has 1 aromatic carbocycles. The normalized spacial score (nSPS) is 20.9. The molecule has 0 spiro atoms. The molecule has 1 N–H and O–H groups in total. The molecule has 7 heteroatoms. The number of hydrogen-bond acceptors (Lipinski definition) is 4. The van der Waals surface area contributed by atoms with Gasteiger partial charge >= 0.3 is 0 Å². The highest BCUT2D eigenvalue weighted by Gasteiger charge is 2.30. The van der Waals surface area contributed by atoms with Crippen LogP contribution >= 0.6 is 0 Å². The zero-order valence-corrected chi connectivity index (χ0v) is 17.3. The van der Waals surface area contributed by atoms with Gasteiger partial charge in [0.15, 0.2) is 5.96 Å². The van der Waals surface area contributed by atoms with Crippen LogP contribution in [0, 0.1) is 0 Å². The zero-order chi connectivity index (χ0) is 19.9. The lowest BCUT2D eigenvalue weighted by atomic mass is 10.2. The Morgan fingerprint density at radius 2 is 2.03 bits per heavy atom. The summed E-state index contributed by atoms with van der Waals surface area (Å²) in [6.45, 7) is 7.61. The monoisotopic (exact) mass is 396 g/mol. The van der Waals surface area contributed by atoms with E-state index in [-0.39, 0.29) is 0 Å². The number of nitrogens with zero attached hydrogens (tertiary/aromatic N) is 5. The van der Waals surface area contributed by atoms with Gasteiger partial charge in [0.25, 0.3) is 0 Å². The van der Waals surface area contributed by atoms with Gasteiger partial charge in [-0.3, -0.25) is 9.89 Å². The number of hydrogen-bond donors (Lipinski definition) is 1. The van der Waals surface area contributed by atoms with Crippen molar-refractivity contribution in [3.63, 3.8) is 0 Å². The van der Waals surface area contributed by atoms with Crippen molar-refractivity contribution < 1.29 is 4.74 Å². The van der Waals surface area contributed by atoms with Crippen molar-refractivity contribution in [2.75, 3.05) is 53.0 Å². The molecule has 2 saturated heterocycles. The second-order valence-electron chi connectivity index (χ2n) is 7.72. The van der Waals surface area contributed by atoms with Crippen LogP contribution in [-0.2, 0) is 17.7 Å². The molecule has 0 aliphatic carbocycles. The van der Waals surface area contributed by atoms with Crippen LogP contribution in [0.4, 0.5) is 0 Å². The summed E-state index contributed by atoms with van der Waals surface area (Å²) in [5.41, 5.74) is 1.29. The molecule has 0 bridgehead atoms. The van der Waals surface area contributed by atoms with Gasteiger partial charge < -0.3 is 19.5 Å². The van der Waals surface area contributed by atoms with Crippen LogP contribution in [0.25, 0.3) is 0 Å². The van der Waals surface area contributed by atoms with E-state index in [0.29, 0.717) is 6.04 Å². The van der Waals surface area contributed by atoms with Crippen LogP contribution in [0.5, 0.6) is 0 Å². The highest BCUT2D eigenvalue weighted by atomic mass is 16.5. The third-order valence-corrected chi connectivity index (χ3v) is 5.87. The maximum absolute atomic E-state index is 5.49. The molecule has 1 aromatic heterocycles. The molecule has 0 radical (unpaired) electrons. The topological polar surface area (TPSA) is 57.9 Å². The third-order valence-electron chi connectivity index (χ3n) is 5.87. The summed E-state index contributed by atoms with van der Waals surface area (Å²) < 4.78 is 7.72. The molecule has 0 saturated carbocycles. The number of nitrogens with one attached hydrogen (secondary N) is 1. The van der Waals surface area contributed by atoms with Crippen LogP contribution in [0.15, 0.2) is 47.7 Å². The van der Waals surface area contributed by atoms with Gasteiger partial charge in [0.05, 0.1) is 13.2 Å². The van der Waals surface area contributed by atoms with E-state index in [4.69, 9.17) is 4.74 Å². The first-order chi connectivity index (χ1) is 14.3. The average molecular weight is 397 g/mol. The molecule has 7 nitrogen and oxygen atoms in total. The van der Waals surface area contributed by atoms with Gasteiger partial charge in [-0.1, -0.05) is 30.3 Å². The van der Waals surface area contributed by atoms with Crippen molar-refractivity contribution in [1.29, 1.82) is 0 Å². The average Bonchev–Trinajstić information content (AvgIpc) is 3.43. The number of benzene rings is 1. The number of aromatic nitrogens is 2. The van der Waals surface area contributed by atoms with E-state index in [2.05, 4.69) is 66.2 Å². The van der Waals surface area contributed by atoms with E-state index < -0.39 is 0 Å². The summed E-state index contributed by atoms with van der Waals surface area (Å²) in [5.74, 6) is 2.10. The minimum atomic E-state index is 0.613. The van der Waals surface area contributed by atoms with Crippen LogP contribution in [-0.4, -0.2) is 84.3 Å². The maximum atomic E-state index is 5.49. The minimum absolute atomic E-state index is 0.613. The molecule has 0 amide bonds. The van der Waals surface area contributed by atoms with Gasteiger partial charge in [-0.05, 0) is 12.0 Å². The van der Waals surface area contributed by atoms with Crippen molar-refractivity contribution in [1.82, 2.24) is 24.7 Å². The Morgan fingerprint density at radius 1 is 1.21 bits per heavy atom. The second-order valence-corrected chi connectivity index (χ2v) is 7.72. The number of ether oxygens (including phenoxy) is 1. The first kappa shape index (κ1) is 19.9. The summed E-state index contributed by atoms with van der Waals surface area (Å²) in [7, 11) is 1.88. The van der Waals surface area contributed by atoms with Gasteiger partial charge in [-0.25, -0.2) is 4.98 Å². The maximum Gasteiger partial charge on any atom is 0.193 e. The van der Waals surface area contributed by atoms with E-state index in [0.717, 1.165) is 70.7 Å². The van der Waals surface area contributed by atoms with E-state index in [1.165, 1.54) is 12.0 Å². The van der Waals surface area contributed by atoms with Crippen molar-refractivity contribution in [3.8, 4) is 0 Å². The Bertz CT molecular complexity index is 784. The number of rotatable bonds is 6. The lowest BCUT2D eigenvalue weighted by Crippen LogP contribution is -2.47. The molecular weight excluding hydrogens is 364 g/mol. The predicted octanol–water partition coefficient (Wildman–Crippen LogP) is 1.46. The fraction of sp³-hybridized carbons (Fsp3) is 0.545. The van der Waals surface area contributed by atoms with Gasteiger partial charge in [-0.2, -0.15) is 0 Å². The van der Waals surface area contributed by atoms with Crippen LogP contribution in [0.2, 0.25) is 0 Å². The third kappa shape index (κ3) is 5.16. The van der Waals surface area contributed by atoms with Crippen LogP contribution in [0.3, 0.4) is 0 Å². The van der Waals surface area contributed by atoms with Crippen LogP contribution in [0.1, 0.15) is 17.8 Å². The highest BCUT2D eigenvalue weighted by Crippen LogP contribution is 2.17. The number of morpholine rings is 1. The number of guanidine groups is 1. The van der Waals surface area contributed by atoms with E-state index in [1.54, 1.807) is 0 Å². The summed E-state index contributed by atoms with van der Waals surface area (Å²) in [6.07, 6.45) is 6.02. The summed E-state index contributed by atoms with van der Waals surface area (Å²) in [6, 6.07) is 11.1. The Labute approximate surface area is 173 Å². The van der Waals surface area contributed by atoms with Crippen molar-refractivity contribution in [2.24, 2.45) is 4.99 Å². The Kier molecular flexibility index (Phi) is 6.79. The molecule has 1 unspecified atom stereocenters. The largest absolute Gasteiger partial charge is 0.379 e. The number of likely N-dealkylation sites (tertiary alicyclic amines) is 1. The first-order valence-electron chi connectivity index (χ1n) is 10.6. The molecule has 2 aliphatic rings. The number of imidazole rings is 1. The summed E-state index contributed by atoms with van der Waals surface area (Å²) in [5, 5.41) is 3.54. The quantitative estimate of drug-likeness (QED) is 0.592. The SMILES string of the molecule is CN=C(NCCc1nccn1Cc1ccccc1)N1CCC(N2CCOCC2)C1. The second kappa shape index (κ2) is 9.89. The molecule has 3 heterocycles. The van der Waals surface area contributed by atoms with E-state index in [9.17, 15) is 0 Å². The molecule has 4 rings (SSSR count). The lowest BCUT2D eigenvalue weighted by molar-refractivity contribution is 0.0195. The molecule has 29 heavy (non-hydrogen) atoms. The van der Waals surface area contributed by atoms with Crippen molar-refractivity contribution in [2.45, 2.75) is 25.4 Å². The molecule has 2 aliphatic heterocycles. The molecule has 2 fully saturated rings. The van der Waals surface area contributed by atoms with Gasteiger partial charge in [-0.15, -0.1) is 0 Å². The zero-order valence-electron chi connectivity index (χ0n) is 17.3. The Morgan fingerprint density at radius 3 is 2.83 bits per heavy atom. The molecule has 156 valence electrons. The Hall–Kier alpha value is -2.38. The fourth-order valence-corrected chi connectivity index (χ4v) is 4.29. The summed E-state index contributed by atoms with van der Waals surface area (Å²) in [4.78, 5) is 14.0. The predicted molar refractivity (Wildman–Crippen MR) is 115 cm³/mol. The van der Waals surface area contributed by atoms with E-state index >= 15 is 0 Å². The van der Waals surface area contributed by atoms with Crippen LogP contribution < -0.4 is 5.32 Å². The first-order valence-corrected chi connectivity index (χ1v) is 10.6. The lowest BCUT2D eigenvalue weighted by Gasteiger charge is -2.32. The highest BCUT2D eigenvalue weighted by molar-refractivity contribution is 5.80. The minimum Gasteiger partial charge on any atom is -0.379 e. The number of aliphatic imine (C=N–C) groups is 1. The molecule has 1 atom stereocenters. The fourth-order valence-electron chi connectivity index (χ4n) is 4.29. The Balaban J connectivity index is 1.26. The smallest absolute Gasteiger partial charge is 0.193 e. The molecule has 2 aromatic rings. The molecular formula is C22H32N6O. The summed E-state index contributed by atoms with van der Waals surface area (Å²) >= 11 is 0. The van der Waals surface area contributed by atoms with E-state index in [1.807, 2.05) is 13.2 Å².